The third kappa shape index (κ3) is 3.69. The van der Waals surface area contributed by atoms with Crippen molar-refractivity contribution < 1.29 is 0 Å². The molecule has 0 spiro atoms. The van der Waals surface area contributed by atoms with Gasteiger partial charge < -0.3 is 0 Å². The van der Waals surface area contributed by atoms with E-state index < -0.39 is 0 Å². The van der Waals surface area contributed by atoms with Crippen molar-refractivity contribution in [2.75, 3.05) is 0 Å². The van der Waals surface area contributed by atoms with E-state index in [1.165, 1.54) is 22.1 Å². The summed E-state index contributed by atoms with van der Waals surface area (Å²) in [4.78, 5) is 4.64. The molecule has 3 rings (SSSR count). The molecule has 0 amide bonds. The number of hydrogen-bond acceptors (Lipinski definition) is 1. The fourth-order valence-corrected chi connectivity index (χ4v) is 3.38. The van der Waals surface area contributed by atoms with E-state index in [1.54, 1.807) is 0 Å². The lowest BCUT2D eigenvalue weighted by atomic mass is 9.87. The summed E-state index contributed by atoms with van der Waals surface area (Å²) in [6.07, 6.45) is 1.05. The highest BCUT2D eigenvalue weighted by molar-refractivity contribution is 6.32. The van der Waals surface area contributed by atoms with Gasteiger partial charge in [-0.1, -0.05) is 56.2 Å². The molecule has 2 heteroatoms. The Balaban J connectivity index is 2.18. The lowest BCUT2D eigenvalue weighted by Gasteiger charge is -2.19. The number of aromatic nitrogens is 1. The molecule has 0 aliphatic rings. The second-order valence-corrected chi connectivity index (χ2v) is 8.07. The van der Waals surface area contributed by atoms with Gasteiger partial charge in [0.2, 0.25) is 0 Å². The van der Waals surface area contributed by atoms with Gasteiger partial charge in [0.15, 0.2) is 0 Å². The summed E-state index contributed by atoms with van der Waals surface area (Å²) in [5.41, 5.74) is 6.77. The van der Waals surface area contributed by atoms with Crippen LogP contribution in [0.1, 0.15) is 37.5 Å². The predicted molar refractivity (Wildman–Crippen MR) is 105 cm³/mol. The van der Waals surface area contributed by atoms with Crippen molar-refractivity contribution in [3.05, 3.63) is 59.2 Å². The zero-order valence-electron chi connectivity index (χ0n) is 15.3. The van der Waals surface area contributed by atoms with E-state index in [1.807, 2.05) is 6.07 Å². The number of nitrogens with zero attached hydrogens (tertiary/aromatic N) is 1. The molecule has 0 saturated heterocycles. The van der Waals surface area contributed by atoms with Gasteiger partial charge in [-0.25, -0.2) is 0 Å². The largest absolute Gasteiger partial charge is 0.264 e. The minimum atomic E-state index is 0.267. The summed E-state index contributed by atoms with van der Waals surface area (Å²) >= 11 is 0. The molecule has 120 valence electrons. The average Bonchev–Trinajstić information content (AvgIpc) is 2.43. The first-order valence-corrected chi connectivity index (χ1v) is 8.49. The minimum absolute atomic E-state index is 0.267. The van der Waals surface area contributed by atoms with Crippen molar-refractivity contribution in [3.63, 3.8) is 0 Å². The van der Waals surface area contributed by atoms with Gasteiger partial charge >= 0.3 is 0 Å². The third-order valence-electron chi connectivity index (χ3n) is 4.14. The fraction of sp³-hybridized carbons (Fsp3) is 0.318. The number of aryl methyl sites for hydroxylation is 2. The maximum atomic E-state index is 6.10. The van der Waals surface area contributed by atoms with Crippen LogP contribution in [0.15, 0.2) is 42.5 Å². The topological polar surface area (TPSA) is 12.9 Å². The Kier molecular flexibility index (Phi) is 4.25. The summed E-state index contributed by atoms with van der Waals surface area (Å²) in [6, 6.07) is 15.2. The van der Waals surface area contributed by atoms with Crippen LogP contribution in [0.25, 0.3) is 22.0 Å². The summed E-state index contributed by atoms with van der Waals surface area (Å²) in [5.74, 6) is 0. The molecule has 1 aromatic heterocycles. The normalized spacial score (nSPS) is 11.9. The van der Waals surface area contributed by atoms with Crippen LogP contribution in [0.5, 0.6) is 0 Å². The first-order valence-electron chi connectivity index (χ1n) is 8.49. The Hall–Kier alpha value is -2.09. The van der Waals surface area contributed by atoms with E-state index in [-0.39, 0.29) is 5.41 Å². The van der Waals surface area contributed by atoms with Crippen molar-refractivity contribution in [1.82, 2.24) is 4.98 Å². The molecular formula is C22H24BN. The lowest BCUT2D eigenvalue weighted by molar-refractivity contribution is 0.411. The fourth-order valence-electron chi connectivity index (χ4n) is 3.38. The summed E-state index contributed by atoms with van der Waals surface area (Å²) < 4.78 is 0. The smallest absolute Gasteiger partial charge is 0.141 e. The van der Waals surface area contributed by atoms with Crippen LogP contribution in [-0.2, 0) is 6.42 Å². The molecule has 0 fully saturated rings. The molecule has 2 radical (unpaired) electrons. The van der Waals surface area contributed by atoms with Crippen LogP contribution in [0, 0.1) is 19.3 Å². The Labute approximate surface area is 146 Å². The molecule has 0 unspecified atom stereocenters. The van der Waals surface area contributed by atoms with Gasteiger partial charge in [-0.3, -0.25) is 4.98 Å². The van der Waals surface area contributed by atoms with Crippen LogP contribution < -0.4 is 5.59 Å². The Morgan fingerprint density at radius 1 is 0.917 bits per heavy atom. The van der Waals surface area contributed by atoms with Gasteiger partial charge in [-0.2, -0.15) is 0 Å². The molecule has 0 bridgehead atoms. The third-order valence-corrected chi connectivity index (χ3v) is 4.14. The second-order valence-electron chi connectivity index (χ2n) is 8.07. The summed E-state index contributed by atoms with van der Waals surface area (Å²) in [5, 5.41) is 2.32. The average molecular weight is 313 g/mol. The van der Waals surface area contributed by atoms with Crippen LogP contribution in [0.2, 0.25) is 0 Å². The van der Waals surface area contributed by atoms with Crippen molar-refractivity contribution >= 4 is 24.2 Å². The van der Waals surface area contributed by atoms with E-state index >= 15 is 0 Å². The minimum Gasteiger partial charge on any atom is -0.264 e. The standard InChI is InChI=1S/C22H24BN/c1-14-8-15(2)10-18(9-14)21-19-7-6-16(13-22(3,4)5)11-17(19)12-20(23)24-21/h6-12H,13H2,1-5H3. The highest BCUT2D eigenvalue weighted by Crippen LogP contribution is 2.29. The first-order chi connectivity index (χ1) is 11.2. The molecule has 2 aromatic carbocycles. The number of benzene rings is 2. The zero-order chi connectivity index (χ0) is 17.5. The molecule has 0 N–H and O–H groups in total. The Morgan fingerprint density at radius 2 is 1.58 bits per heavy atom. The molecule has 0 aliphatic carbocycles. The van der Waals surface area contributed by atoms with E-state index in [0.29, 0.717) is 5.59 Å². The van der Waals surface area contributed by atoms with Crippen LogP contribution in [0.4, 0.5) is 0 Å². The molecule has 1 heterocycles. The molecule has 0 atom stereocenters. The quantitative estimate of drug-likeness (QED) is 0.613. The van der Waals surface area contributed by atoms with Gasteiger partial charge in [-0.15, -0.1) is 0 Å². The molecule has 3 aromatic rings. The van der Waals surface area contributed by atoms with Crippen LogP contribution in [0.3, 0.4) is 0 Å². The molecule has 0 aliphatic heterocycles. The molecule has 24 heavy (non-hydrogen) atoms. The molecular weight excluding hydrogens is 289 g/mol. The molecule has 0 saturated carbocycles. The van der Waals surface area contributed by atoms with E-state index in [0.717, 1.165) is 23.1 Å². The van der Waals surface area contributed by atoms with Crippen LogP contribution >= 0.6 is 0 Å². The van der Waals surface area contributed by atoms with Gasteiger partial charge in [0.1, 0.15) is 7.85 Å². The number of fused-ring (bicyclic) bond motifs is 1. The lowest BCUT2D eigenvalue weighted by Crippen LogP contribution is -2.11. The van der Waals surface area contributed by atoms with E-state index in [4.69, 9.17) is 7.85 Å². The van der Waals surface area contributed by atoms with Crippen molar-refractivity contribution in [3.8, 4) is 11.3 Å². The zero-order valence-corrected chi connectivity index (χ0v) is 15.3. The first kappa shape index (κ1) is 16.8. The van der Waals surface area contributed by atoms with E-state index in [9.17, 15) is 0 Å². The highest BCUT2D eigenvalue weighted by Gasteiger charge is 2.13. The van der Waals surface area contributed by atoms with Crippen LogP contribution in [-0.4, -0.2) is 12.8 Å². The highest BCUT2D eigenvalue weighted by atomic mass is 14.7. The number of rotatable bonds is 2. The van der Waals surface area contributed by atoms with Gasteiger partial charge in [-0.05, 0) is 60.4 Å². The van der Waals surface area contributed by atoms with Crippen molar-refractivity contribution in [1.29, 1.82) is 0 Å². The van der Waals surface area contributed by atoms with Gasteiger partial charge in [0.25, 0.3) is 0 Å². The Morgan fingerprint density at radius 3 is 2.21 bits per heavy atom. The second kappa shape index (κ2) is 6.09. The molecule has 1 nitrogen and oxygen atoms in total. The maximum absolute atomic E-state index is 6.10. The summed E-state index contributed by atoms with van der Waals surface area (Å²) in [7, 11) is 6.10. The van der Waals surface area contributed by atoms with Gasteiger partial charge in [0, 0.05) is 10.9 Å². The van der Waals surface area contributed by atoms with Crippen molar-refractivity contribution in [2.45, 2.75) is 41.0 Å². The van der Waals surface area contributed by atoms with E-state index in [2.05, 4.69) is 76.0 Å². The summed E-state index contributed by atoms with van der Waals surface area (Å²) in [6.45, 7) is 11.0. The number of pyridine rings is 1. The maximum Gasteiger partial charge on any atom is 0.141 e. The number of hydrogen-bond donors (Lipinski definition) is 0. The predicted octanol–water partition coefficient (Wildman–Crippen LogP) is 4.90. The monoisotopic (exact) mass is 313 g/mol. The SMILES string of the molecule is [B]c1cc2cc(CC(C)(C)C)ccc2c(-c2cc(C)cc(C)c2)n1. The van der Waals surface area contributed by atoms with Crippen molar-refractivity contribution in [2.24, 2.45) is 5.41 Å². The Bertz CT molecular complexity index is 883. The van der Waals surface area contributed by atoms with Gasteiger partial charge in [0.05, 0.1) is 5.69 Å².